The Bertz CT molecular complexity index is 277. The van der Waals surface area contributed by atoms with Crippen molar-refractivity contribution in [2.75, 3.05) is 6.54 Å². The molecule has 3 nitrogen and oxygen atoms in total. The van der Waals surface area contributed by atoms with Crippen molar-refractivity contribution < 1.29 is 9.90 Å². The highest BCUT2D eigenvalue weighted by atomic mass is 16.3. The lowest BCUT2D eigenvalue weighted by Crippen LogP contribution is -2.39. The second-order valence-corrected chi connectivity index (χ2v) is 4.35. The lowest BCUT2D eigenvalue weighted by Gasteiger charge is -2.30. The van der Waals surface area contributed by atoms with Crippen LogP contribution in [0.25, 0.3) is 0 Å². The van der Waals surface area contributed by atoms with Crippen LogP contribution >= 0.6 is 0 Å². The summed E-state index contributed by atoms with van der Waals surface area (Å²) in [6, 6.07) is 0.371. The number of hydrogen-bond acceptors (Lipinski definition) is 2. The smallest absolute Gasteiger partial charge is 0.289 e. The number of nitrogens with zero attached hydrogens (tertiary/aromatic N) is 1. The molecule has 0 aromatic rings. The van der Waals surface area contributed by atoms with Gasteiger partial charge in [-0.2, -0.15) is 0 Å². The Hall–Kier alpha value is -0.990. The van der Waals surface area contributed by atoms with Crippen molar-refractivity contribution in [3.8, 4) is 0 Å². The minimum atomic E-state index is -0.158. The van der Waals surface area contributed by atoms with Gasteiger partial charge in [-0.25, -0.2) is 0 Å². The first-order valence-corrected chi connectivity index (χ1v) is 5.40. The topological polar surface area (TPSA) is 40.5 Å². The average molecular weight is 195 g/mol. The predicted octanol–water partition coefficient (Wildman–Crippen LogP) is 1.99. The Morgan fingerprint density at radius 2 is 1.93 bits per heavy atom. The van der Waals surface area contributed by atoms with Gasteiger partial charge in [0.15, 0.2) is 5.76 Å². The molecule has 1 aliphatic heterocycles. The Balaban J connectivity index is 2.04. The van der Waals surface area contributed by atoms with Gasteiger partial charge < -0.3 is 10.0 Å². The van der Waals surface area contributed by atoms with Crippen molar-refractivity contribution in [2.45, 2.75) is 45.1 Å². The number of carbonyl (C=O) groups excluding carboxylic acids is 1. The van der Waals surface area contributed by atoms with E-state index in [-0.39, 0.29) is 11.7 Å². The first kappa shape index (κ1) is 9.56. The number of aliphatic hydroxyl groups is 1. The highest BCUT2D eigenvalue weighted by Gasteiger charge is 2.33. The summed E-state index contributed by atoms with van der Waals surface area (Å²) in [5.41, 5.74) is 0.820. The first-order valence-electron chi connectivity index (χ1n) is 5.40. The van der Waals surface area contributed by atoms with Gasteiger partial charge >= 0.3 is 0 Å². The molecule has 78 valence electrons. The maximum atomic E-state index is 11.6. The van der Waals surface area contributed by atoms with E-state index in [9.17, 15) is 9.90 Å². The fourth-order valence-electron chi connectivity index (χ4n) is 2.41. The molecule has 0 aromatic carbocycles. The summed E-state index contributed by atoms with van der Waals surface area (Å²) in [5, 5.41) is 9.46. The van der Waals surface area contributed by atoms with Crippen LogP contribution in [-0.2, 0) is 4.79 Å². The Morgan fingerprint density at radius 1 is 1.29 bits per heavy atom. The SMILES string of the molecule is CC1=C(O)C(=O)N(C2CCCCC2)C1. The van der Waals surface area contributed by atoms with Gasteiger partial charge in [-0.1, -0.05) is 19.3 Å². The molecule has 0 spiro atoms. The average Bonchev–Trinajstić information content (AvgIpc) is 2.47. The van der Waals surface area contributed by atoms with Crippen LogP contribution in [0.5, 0.6) is 0 Å². The normalized spacial score (nSPS) is 24.9. The molecule has 1 fully saturated rings. The van der Waals surface area contributed by atoms with Crippen molar-refractivity contribution in [3.63, 3.8) is 0 Å². The number of amides is 1. The van der Waals surface area contributed by atoms with E-state index >= 15 is 0 Å². The van der Waals surface area contributed by atoms with E-state index in [2.05, 4.69) is 0 Å². The van der Waals surface area contributed by atoms with Crippen LogP contribution in [0.4, 0.5) is 0 Å². The summed E-state index contributed by atoms with van der Waals surface area (Å²) < 4.78 is 0. The van der Waals surface area contributed by atoms with E-state index < -0.39 is 0 Å². The van der Waals surface area contributed by atoms with Gasteiger partial charge in [0, 0.05) is 12.6 Å². The molecule has 1 N–H and O–H groups in total. The first-order chi connectivity index (χ1) is 6.70. The van der Waals surface area contributed by atoms with Crippen molar-refractivity contribution >= 4 is 5.91 Å². The standard InChI is InChI=1S/C11H17NO2/c1-8-7-12(11(14)10(8)13)9-5-3-2-4-6-9/h9,13H,2-7H2,1H3. The number of carbonyl (C=O) groups is 1. The van der Waals surface area contributed by atoms with E-state index in [0.717, 1.165) is 18.4 Å². The Labute approximate surface area is 84.4 Å². The monoisotopic (exact) mass is 195 g/mol. The lowest BCUT2D eigenvalue weighted by molar-refractivity contribution is -0.130. The third-order valence-electron chi connectivity index (χ3n) is 3.29. The van der Waals surface area contributed by atoms with Crippen LogP contribution in [0.3, 0.4) is 0 Å². The fraction of sp³-hybridized carbons (Fsp3) is 0.727. The van der Waals surface area contributed by atoms with Crippen LogP contribution in [0.15, 0.2) is 11.3 Å². The largest absolute Gasteiger partial charge is 0.503 e. The minimum Gasteiger partial charge on any atom is -0.503 e. The maximum Gasteiger partial charge on any atom is 0.289 e. The number of aliphatic hydroxyl groups excluding tert-OH is 1. The summed E-state index contributed by atoms with van der Waals surface area (Å²) in [6.07, 6.45) is 5.93. The molecule has 2 aliphatic rings. The molecule has 0 radical (unpaired) electrons. The Morgan fingerprint density at radius 3 is 2.43 bits per heavy atom. The summed E-state index contributed by atoms with van der Waals surface area (Å²) >= 11 is 0. The van der Waals surface area contributed by atoms with Gasteiger partial charge in [0.1, 0.15) is 0 Å². The summed E-state index contributed by atoms with van der Waals surface area (Å²) in [4.78, 5) is 13.5. The van der Waals surface area contributed by atoms with Crippen LogP contribution < -0.4 is 0 Å². The van der Waals surface area contributed by atoms with E-state index in [1.165, 1.54) is 19.3 Å². The zero-order chi connectivity index (χ0) is 10.1. The fourth-order valence-corrected chi connectivity index (χ4v) is 2.41. The molecule has 0 aromatic heterocycles. The second-order valence-electron chi connectivity index (χ2n) is 4.35. The molecule has 1 aliphatic carbocycles. The molecule has 0 atom stereocenters. The molecule has 1 heterocycles. The van der Waals surface area contributed by atoms with E-state index in [4.69, 9.17) is 0 Å². The molecule has 3 heteroatoms. The zero-order valence-corrected chi connectivity index (χ0v) is 8.62. The molecule has 0 saturated heterocycles. The van der Waals surface area contributed by atoms with Crippen LogP contribution in [-0.4, -0.2) is 28.5 Å². The van der Waals surface area contributed by atoms with Gasteiger partial charge in [-0.15, -0.1) is 0 Å². The third-order valence-corrected chi connectivity index (χ3v) is 3.29. The highest BCUT2D eigenvalue weighted by molar-refractivity contribution is 5.94. The van der Waals surface area contributed by atoms with E-state index in [1.807, 2.05) is 11.8 Å². The minimum absolute atomic E-state index is 0.0180. The number of rotatable bonds is 1. The summed E-state index contributed by atoms with van der Waals surface area (Å²) in [6.45, 7) is 2.46. The zero-order valence-electron chi connectivity index (χ0n) is 8.62. The van der Waals surface area contributed by atoms with Gasteiger partial charge in [0.2, 0.25) is 0 Å². The Kier molecular flexibility index (Phi) is 2.48. The van der Waals surface area contributed by atoms with Crippen LogP contribution in [0.1, 0.15) is 39.0 Å². The molecule has 14 heavy (non-hydrogen) atoms. The lowest BCUT2D eigenvalue weighted by atomic mass is 9.94. The number of hydrogen-bond donors (Lipinski definition) is 1. The van der Waals surface area contributed by atoms with Crippen molar-refractivity contribution in [3.05, 3.63) is 11.3 Å². The van der Waals surface area contributed by atoms with Gasteiger partial charge in [0.25, 0.3) is 5.91 Å². The molecule has 0 bridgehead atoms. The van der Waals surface area contributed by atoms with Crippen molar-refractivity contribution in [1.29, 1.82) is 0 Å². The summed E-state index contributed by atoms with van der Waals surface area (Å²) in [5.74, 6) is -0.176. The molecule has 2 rings (SSSR count). The van der Waals surface area contributed by atoms with Gasteiger partial charge in [-0.05, 0) is 25.3 Å². The quantitative estimate of drug-likeness (QED) is 0.695. The highest BCUT2D eigenvalue weighted by Crippen LogP contribution is 2.27. The van der Waals surface area contributed by atoms with Crippen molar-refractivity contribution in [2.24, 2.45) is 0 Å². The van der Waals surface area contributed by atoms with Gasteiger partial charge in [0.05, 0.1) is 0 Å². The summed E-state index contributed by atoms with van der Waals surface area (Å²) in [7, 11) is 0. The van der Waals surface area contributed by atoms with Gasteiger partial charge in [-0.3, -0.25) is 4.79 Å². The second kappa shape index (κ2) is 3.64. The molecular formula is C11H17NO2. The molecular weight excluding hydrogens is 178 g/mol. The van der Waals surface area contributed by atoms with Crippen LogP contribution in [0.2, 0.25) is 0 Å². The van der Waals surface area contributed by atoms with E-state index in [1.54, 1.807) is 0 Å². The van der Waals surface area contributed by atoms with Crippen molar-refractivity contribution in [1.82, 2.24) is 4.90 Å². The predicted molar refractivity (Wildman–Crippen MR) is 53.9 cm³/mol. The maximum absolute atomic E-state index is 11.6. The van der Waals surface area contributed by atoms with Crippen LogP contribution in [0, 0.1) is 0 Å². The molecule has 0 unspecified atom stereocenters. The third kappa shape index (κ3) is 1.51. The van der Waals surface area contributed by atoms with E-state index in [0.29, 0.717) is 12.6 Å². The molecule has 1 amide bonds. The molecule has 1 saturated carbocycles.